The molecule has 124 valence electrons. The Morgan fingerprint density at radius 2 is 1.83 bits per heavy atom. The molecule has 4 heteroatoms. The minimum Gasteiger partial charge on any atom is -0.493 e. The first-order valence-electron chi connectivity index (χ1n) is 7.99. The number of carbonyl (C=O) groups is 1. The van der Waals surface area contributed by atoms with Crippen LogP contribution < -0.4 is 14.8 Å². The number of ether oxygens (including phenoxy) is 2. The summed E-state index contributed by atoms with van der Waals surface area (Å²) in [6, 6.07) is 13.7. The van der Waals surface area contributed by atoms with Crippen LogP contribution in [0, 0.1) is 0 Å². The number of nitrogens with one attached hydrogen (secondary N) is 1. The summed E-state index contributed by atoms with van der Waals surface area (Å²) in [5.74, 6) is 1.46. The molecule has 0 saturated heterocycles. The third kappa shape index (κ3) is 3.43. The molecule has 24 heavy (non-hydrogen) atoms. The molecule has 0 radical (unpaired) electrons. The second kappa shape index (κ2) is 7.21. The highest BCUT2D eigenvalue weighted by molar-refractivity contribution is 5.98. The SMILES string of the molecule is COc1cc2c(cc1OC)/C(=C/C(=O)Cc1ccccc1)NCC2. The van der Waals surface area contributed by atoms with Crippen LogP contribution >= 0.6 is 0 Å². The van der Waals surface area contributed by atoms with Crippen LogP contribution in [0.25, 0.3) is 5.70 Å². The summed E-state index contributed by atoms with van der Waals surface area (Å²) >= 11 is 0. The molecule has 2 aromatic rings. The van der Waals surface area contributed by atoms with Gasteiger partial charge in [0.15, 0.2) is 17.3 Å². The highest BCUT2D eigenvalue weighted by atomic mass is 16.5. The number of carbonyl (C=O) groups excluding carboxylic acids is 1. The molecule has 2 aromatic carbocycles. The summed E-state index contributed by atoms with van der Waals surface area (Å²) in [6.07, 6.45) is 2.98. The first-order valence-corrected chi connectivity index (χ1v) is 7.99. The molecule has 0 bridgehead atoms. The largest absolute Gasteiger partial charge is 0.493 e. The predicted octanol–water partition coefficient (Wildman–Crippen LogP) is 3.00. The minimum absolute atomic E-state index is 0.0753. The van der Waals surface area contributed by atoms with Gasteiger partial charge in [-0.2, -0.15) is 0 Å². The van der Waals surface area contributed by atoms with Crippen molar-refractivity contribution in [3.8, 4) is 11.5 Å². The number of allylic oxidation sites excluding steroid dienone is 1. The molecule has 1 aliphatic heterocycles. The Morgan fingerprint density at radius 3 is 2.54 bits per heavy atom. The van der Waals surface area contributed by atoms with Crippen LogP contribution in [0.3, 0.4) is 0 Å². The summed E-state index contributed by atoms with van der Waals surface area (Å²) in [7, 11) is 3.25. The Kier molecular flexibility index (Phi) is 4.85. The van der Waals surface area contributed by atoms with Crippen molar-refractivity contribution in [2.45, 2.75) is 12.8 Å². The third-order valence-electron chi connectivity index (χ3n) is 4.14. The number of methoxy groups -OCH3 is 2. The van der Waals surface area contributed by atoms with Crippen molar-refractivity contribution in [2.24, 2.45) is 0 Å². The highest BCUT2D eigenvalue weighted by Crippen LogP contribution is 2.34. The van der Waals surface area contributed by atoms with Crippen molar-refractivity contribution in [3.05, 3.63) is 65.2 Å². The number of fused-ring (bicyclic) bond motifs is 1. The number of hydrogen-bond acceptors (Lipinski definition) is 4. The minimum atomic E-state index is 0.0753. The van der Waals surface area contributed by atoms with E-state index in [2.05, 4.69) is 5.32 Å². The van der Waals surface area contributed by atoms with Crippen LogP contribution in [-0.4, -0.2) is 26.5 Å². The van der Waals surface area contributed by atoms with E-state index >= 15 is 0 Å². The van der Waals surface area contributed by atoms with Crippen molar-refractivity contribution in [1.29, 1.82) is 0 Å². The second-order valence-electron chi connectivity index (χ2n) is 5.73. The fraction of sp³-hybridized carbons (Fsp3) is 0.250. The van der Waals surface area contributed by atoms with Gasteiger partial charge in [-0.05, 0) is 29.7 Å². The molecule has 0 aliphatic carbocycles. The van der Waals surface area contributed by atoms with Crippen molar-refractivity contribution >= 4 is 11.5 Å². The van der Waals surface area contributed by atoms with E-state index in [1.54, 1.807) is 20.3 Å². The predicted molar refractivity (Wildman–Crippen MR) is 94.4 cm³/mol. The topological polar surface area (TPSA) is 47.6 Å². The van der Waals surface area contributed by atoms with Crippen LogP contribution in [0.15, 0.2) is 48.5 Å². The van der Waals surface area contributed by atoms with Crippen molar-refractivity contribution in [3.63, 3.8) is 0 Å². The zero-order valence-electron chi connectivity index (χ0n) is 14.0. The molecule has 1 N–H and O–H groups in total. The maximum atomic E-state index is 12.4. The maximum Gasteiger partial charge on any atom is 0.162 e. The van der Waals surface area contributed by atoms with E-state index in [9.17, 15) is 4.79 Å². The molecule has 0 atom stereocenters. The van der Waals surface area contributed by atoms with Crippen LogP contribution in [0.2, 0.25) is 0 Å². The van der Waals surface area contributed by atoms with Gasteiger partial charge in [-0.15, -0.1) is 0 Å². The molecule has 0 spiro atoms. The van der Waals surface area contributed by atoms with Crippen molar-refractivity contribution < 1.29 is 14.3 Å². The van der Waals surface area contributed by atoms with Gasteiger partial charge in [0.25, 0.3) is 0 Å². The Morgan fingerprint density at radius 1 is 1.12 bits per heavy atom. The normalized spacial score (nSPS) is 14.7. The molecule has 4 nitrogen and oxygen atoms in total. The summed E-state index contributed by atoms with van der Waals surface area (Å²) < 4.78 is 10.8. The second-order valence-corrected chi connectivity index (χ2v) is 5.73. The Balaban J connectivity index is 1.89. The average Bonchev–Trinajstić information content (AvgIpc) is 2.61. The quantitative estimate of drug-likeness (QED) is 0.859. The lowest BCUT2D eigenvalue weighted by atomic mass is 9.96. The van der Waals surface area contributed by atoms with Crippen LogP contribution in [0.5, 0.6) is 11.5 Å². The van der Waals surface area contributed by atoms with E-state index in [-0.39, 0.29) is 5.78 Å². The van der Waals surface area contributed by atoms with Gasteiger partial charge in [0, 0.05) is 30.3 Å². The maximum absolute atomic E-state index is 12.4. The molecule has 0 amide bonds. The summed E-state index contributed by atoms with van der Waals surface area (Å²) in [5.41, 5.74) is 4.02. The van der Waals surface area contributed by atoms with E-state index in [0.717, 1.165) is 35.4 Å². The van der Waals surface area contributed by atoms with E-state index in [4.69, 9.17) is 9.47 Å². The first-order chi connectivity index (χ1) is 11.7. The van der Waals surface area contributed by atoms with Crippen molar-refractivity contribution in [1.82, 2.24) is 5.32 Å². The summed E-state index contributed by atoms with van der Waals surface area (Å²) in [5, 5.41) is 3.32. The Hall–Kier alpha value is -2.75. The van der Waals surface area contributed by atoms with E-state index in [1.165, 1.54) is 0 Å². The van der Waals surface area contributed by atoms with Gasteiger partial charge in [-0.3, -0.25) is 4.79 Å². The number of hydrogen-bond donors (Lipinski definition) is 1. The third-order valence-corrected chi connectivity index (χ3v) is 4.14. The summed E-state index contributed by atoms with van der Waals surface area (Å²) in [4.78, 5) is 12.4. The molecule has 0 unspecified atom stereocenters. The summed E-state index contributed by atoms with van der Waals surface area (Å²) in [6.45, 7) is 0.799. The Labute approximate surface area is 142 Å². The Bertz CT molecular complexity index is 766. The van der Waals surface area contributed by atoms with E-state index in [0.29, 0.717) is 17.9 Å². The molecule has 3 rings (SSSR count). The van der Waals surface area contributed by atoms with E-state index < -0.39 is 0 Å². The van der Waals surface area contributed by atoms with Crippen LogP contribution in [-0.2, 0) is 17.6 Å². The molecule has 1 heterocycles. The standard InChI is InChI=1S/C20H21NO3/c1-23-19-11-15-8-9-21-18(17(15)13-20(19)24-2)12-16(22)10-14-6-4-3-5-7-14/h3-7,11-13,21H,8-10H2,1-2H3/b18-12-. The first kappa shape index (κ1) is 16.1. The van der Waals surface area contributed by atoms with Gasteiger partial charge in [-0.25, -0.2) is 0 Å². The lowest BCUT2D eigenvalue weighted by Gasteiger charge is -2.23. The molecular formula is C20H21NO3. The van der Waals surface area contributed by atoms with Crippen molar-refractivity contribution in [2.75, 3.05) is 20.8 Å². The zero-order chi connectivity index (χ0) is 16.9. The van der Waals surface area contributed by atoms with Crippen LogP contribution in [0.1, 0.15) is 16.7 Å². The number of rotatable bonds is 5. The van der Waals surface area contributed by atoms with Crippen LogP contribution in [0.4, 0.5) is 0 Å². The fourth-order valence-corrected chi connectivity index (χ4v) is 2.94. The lowest BCUT2D eigenvalue weighted by molar-refractivity contribution is -0.114. The van der Waals surface area contributed by atoms with Gasteiger partial charge in [0.05, 0.1) is 14.2 Å². The fourth-order valence-electron chi connectivity index (χ4n) is 2.94. The molecule has 0 fully saturated rings. The molecule has 1 aliphatic rings. The molecular weight excluding hydrogens is 302 g/mol. The highest BCUT2D eigenvalue weighted by Gasteiger charge is 2.18. The molecule has 0 aromatic heterocycles. The average molecular weight is 323 g/mol. The monoisotopic (exact) mass is 323 g/mol. The lowest BCUT2D eigenvalue weighted by Crippen LogP contribution is -2.23. The smallest absolute Gasteiger partial charge is 0.162 e. The zero-order valence-corrected chi connectivity index (χ0v) is 14.0. The van der Waals surface area contributed by atoms with Gasteiger partial charge in [0.2, 0.25) is 0 Å². The van der Waals surface area contributed by atoms with Gasteiger partial charge in [0.1, 0.15) is 0 Å². The number of benzene rings is 2. The van der Waals surface area contributed by atoms with Gasteiger partial charge < -0.3 is 14.8 Å². The van der Waals surface area contributed by atoms with Gasteiger partial charge >= 0.3 is 0 Å². The molecule has 0 saturated carbocycles. The van der Waals surface area contributed by atoms with E-state index in [1.807, 2.05) is 42.5 Å². The van der Waals surface area contributed by atoms with Gasteiger partial charge in [-0.1, -0.05) is 30.3 Å². The number of ketones is 1.